The minimum atomic E-state index is -0.911. The van der Waals surface area contributed by atoms with Gasteiger partial charge in [0.05, 0.1) is 23.4 Å². The highest BCUT2D eigenvalue weighted by atomic mass is 16.7. The van der Waals surface area contributed by atoms with E-state index in [1.807, 2.05) is 86.7 Å². The third-order valence-electron chi connectivity index (χ3n) is 9.02. The molecule has 4 atom stereocenters. The number of carbonyl (C=O) groups excluding carboxylic acids is 3. The molecule has 3 heterocycles. The van der Waals surface area contributed by atoms with E-state index in [0.717, 1.165) is 33.0 Å². The highest BCUT2D eigenvalue weighted by molar-refractivity contribution is 6.24. The number of ether oxygens (including phenoxy) is 3. The van der Waals surface area contributed by atoms with Gasteiger partial charge in [-0.1, -0.05) is 54.6 Å². The van der Waals surface area contributed by atoms with Crippen LogP contribution in [0.1, 0.15) is 28.2 Å². The number of rotatable bonds is 2. The summed E-state index contributed by atoms with van der Waals surface area (Å²) in [5, 5.41) is 1.78. The lowest BCUT2D eigenvalue weighted by molar-refractivity contribution is -0.142. The van der Waals surface area contributed by atoms with Crippen molar-refractivity contribution < 1.29 is 28.6 Å². The maximum Gasteiger partial charge on any atom is 0.319 e. The second kappa shape index (κ2) is 8.54. The van der Waals surface area contributed by atoms with Crippen molar-refractivity contribution in [2.24, 2.45) is 17.8 Å². The van der Waals surface area contributed by atoms with Crippen LogP contribution in [-0.2, 0) is 14.4 Å². The Morgan fingerprint density at radius 1 is 0.780 bits per heavy atom. The highest BCUT2D eigenvalue weighted by Gasteiger charge is 2.60. The molecular formula is C34H25NO6. The molecule has 0 radical (unpaired) electrons. The molecule has 7 nitrogen and oxygen atoms in total. The number of amides is 2. The zero-order chi connectivity index (χ0) is 28.0. The quantitative estimate of drug-likeness (QED) is 0.183. The van der Waals surface area contributed by atoms with Gasteiger partial charge in [-0.3, -0.25) is 14.4 Å². The summed E-state index contributed by atoms with van der Waals surface area (Å²) in [6, 6.07) is 22.8. The summed E-state index contributed by atoms with van der Waals surface area (Å²) in [5.74, 6) is -2.56. The third kappa shape index (κ3) is 3.35. The zero-order valence-corrected chi connectivity index (χ0v) is 22.4. The van der Waals surface area contributed by atoms with Gasteiger partial charge >= 0.3 is 5.97 Å². The lowest BCUT2D eigenvalue weighted by Gasteiger charge is -2.38. The van der Waals surface area contributed by atoms with Gasteiger partial charge in [-0.25, -0.2) is 4.90 Å². The van der Waals surface area contributed by atoms with Gasteiger partial charge in [0.25, 0.3) is 0 Å². The van der Waals surface area contributed by atoms with Gasteiger partial charge in [0, 0.05) is 16.9 Å². The lowest BCUT2D eigenvalue weighted by Crippen LogP contribution is -2.42. The van der Waals surface area contributed by atoms with Gasteiger partial charge in [0.1, 0.15) is 5.75 Å². The van der Waals surface area contributed by atoms with Crippen molar-refractivity contribution in [3.05, 3.63) is 101 Å². The van der Waals surface area contributed by atoms with E-state index >= 15 is 0 Å². The van der Waals surface area contributed by atoms with Crippen LogP contribution in [0.4, 0.5) is 5.69 Å². The van der Waals surface area contributed by atoms with E-state index in [1.165, 1.54) is 4.90 Å². The van der Waals surface area contributed by atoms with E-state index < -0.39 is 29.6 Å². The Morgan fingerprint density at radius 3 is 2.44 bits per heavy atom. The maximum atomic E-state index is 14.3. The molecule has 4 aliphatic rings. The molecule has 0 aromatic heterocycles. The van der Waals surface area contributed by atoms with Crippen LogP contribution < -0.4 is 19.1 Å². The van der Waals surface area contributed by atoms with Crippen LogP contribution in [0.25, 0.3) is 16.3 Å². The van der Waals surface area contributed by atoms with E-state index in [9.17, 15) is 14.4 Å². The molecule has 202 valence electrons. The zero-order valence-electron chi connectivity index (χ0n) is 22.4. The van der Waals surface area contributed by atoms with Crippen LogP contribution in [0.2, 0.25) is 0 Å². The Balaban J connectivity index is 1.34. The van der Waals surface area contributed by atoms with E-state index in [1.54, 1.807) is 6.07 Å². The average Bonchev–Trinajstić information content (AvgIpc) is 3.55. The van der Waals surface area contributed by atoms with Crippen LogP contribution in [0.15, 0.2) is 78.9 Å². The minimum absolute atomic E-state index is 0.128. The molecule has 0 saturated carbocycles. The normalized spacial score (nSPS) is 24.1. The monoisotopic (exact) mass is 543 g/mol. The van der Waals surface area contributed by atoms with E-state index in [2.05, 4.69) is 0 Å². The van der Waals surface area contributed by atoms with Crippen molar-refractivity contribution in [1.29, 1.82) is 0 Å². The molecule has 0 unspecified atom stereocenters. The van der Waals surface area contributed by atoms with Crippen molar-refractivity contribution in [2.45, 2.75) is 19.8 Å². The number of fused-ring (bicyclic) bond motifs is 8. The molecule has 8 rings (SSSR count). The smallest absolute Gasteiger partial charge is 0.319 e. The Hall–Kier alpha value is -4.91. The van der Waals surface area contributed by atoms with Crippen molar-refractivity contribution in [3.8, 4) is 17.2 Å². The second-order valence-corrected chi connectivity index (χ2v) is 11.2. The van der Waals surface area contributed by atoms with Crippen molar-refractivity contribution in [2.75, 3.05) is 11.7 Å². The van der Waals surface area contributed by atoms with Gasteiger partial charge in [0.2, 0.25) is 18.6 Å². The van der Waals surface area contributed by atoms with E-state index in [-0.39, 0.29) is 18.6 Å². The van der Waals surface area contributed by atoms with Crippen LogP contribution in [-0.4, -0.2) is 24.6 Å². The Kier molecular flexibility index (Phi) is 4.99. The fourth-order valence-corrected chi connectivity index (χ4v) is 6.85. The Labute approximate surface area is 235 Å². The van der Waals surface area contributed by atoms with Gasteiger partial charge in [-0.2, -0.15) is 0 Å². The lowest BCUT2D eigenvalue weighted by atomic mass is 9.64. The second-order valence-electron chi connectivity index (χ2n) is 11.2. The van der Waals surface area contributed by atoms with E-state index in [4.69, 9.17) is 14.2 Å². The van der Waals surface area contributed by atoms with Gasteiger partial charge in [-0.05, 0) is 65.8 Å². The SMILES string of the molecule is Cc1ccc(N2C(=O)[C@@H]3[C@@H]4C(=O)Oc5c(ccc6ccccc56)C4=C[C@@H](c4ccc5c(c4)OCO5)[C@@H]3C2=O)cc1C. The molecule has 0 N–H and O–H groups in total. The molecule has 4 aromatic carbocycles. The molecular weight excluding hydrogens is 518 g/mol. The van der Waals surface area contributed by atoms with Gasteiger partial charge in [0.15, 0.2) is 11.5 Å². The minimum Gasteiger partial charge on any atom is -0.454 e. The number of allylic oxidation sites excluding steroid dienone is 1. The molecule has 1 saturated heterocycles. The molecule has 1 aliphatic carbocycles. The number of carbonyl (C=O) groups is 3. The first-order chi connectivity index (χ1) is 19.9. The molecule has 7 heteroatoms. The molecule has 1 fully saturated rings. The molecule has 3 aliphatic heterocycles. The fourth-order valence-electron chi connectivity index (χ4n) is 6.85. The number of esters is 1. The first kappa shape index (κ1) is 23.9. The topological polar surface area (TPSA) is 82.1 Å². The average molecular weight is 544 g/mol. The summed E-state index contributed by atoms with van der Waals surface area (Å²) in [5.41, 5.74) is 4.85. The summed E-state index contributed by atoms with van der Waals surface area (Å²) in [6.45, 7) is 4.06. The fraction of sp³-hybridized carbons (Fsp3) is 0.206. The predicted molar refractivity (Wildman–Crippen MR) is 152 cm³/mol. The van der Waals surface area contributed by atoms with Crippen molar-refractivity contribution >= 4 is 39.8 Å². The molecule has 0 bridgehead atoms. The summed E-state index contributed by atoms with van der Waals surface area (Å²) in [4.78, 5) is 43.5. The van der Waals surface area contributed by atoms with Crippen LogP contribution in [0.3, 0.4) is 0 Å². The summed E-state index contributed by atoms with van der Waals surface area (Å²) >= 11 is 0. The van der Waals surface area contributed by atoms with Crippen molar-refractivity contribution in [3.63, 3.8) is 0 Å². The molecule has 41 heavy (non-hydrogen) atoms. The Bertz CT molecular complexity index is 1870. The summed E-state index contributed by atoms with van der Waals surface area (Å²) < 4.78 is 17.2. The number of imide groups is 1. The number of nitrogens with zero attached hydrogens (tertiary/aromatic N) is 1. The van der Waals surface area contributed by atoms with Gasteiger partial charge in [-0.15, -0.1) is 0 Å². The van der Waals surface area contributed by atoms with E-state index in [0.29, 0.717) is 28.5 Å². The number of hydrogen-bond donors (Lipinski definition) is 0. The highest BCUT2D eigenvalue weighted by Crippen LogP contribution is 2.56. The summed E-state index contributed by atoms with van der Waals surface area (Å²) in [6.07, 6.45) is 1.99. The Morgan fingerprint density at radius 2 is 1.59 bits per heavy atom. The number of aryl methyl sites for hydroxylation is 2. The predicted octanol–water partition coefficient (Wildman–Crippen LogP) is 5.71. The number of anilines is 1. The molecule has 4 aromatic rings. The standard InChI is InChI=1S/C34H25NO6/c1-17-7-10-21(13-18(17)2)35-32(36)28-24(20-9-12-26-27(14-20)40-16-39-26)15-25-23-11-8-19-5-3-4-6-22(19)31(23)41-34(38)29(25)30(28)33(35)37/h3-15,24,28-30H,16H2,1-2H3/t24-,28-,29+,30-/m0/s1. The largest absolute Gasteiger partial charge is 0.454 e. The number of benzene rings is 4. The molecule has 2 amide bonds. The first-order valence-electron chi connectivity index (χ1n) is 13.7. The van der Waals surface area contributed by atoms with Gasteiger partial charge < -0.3 is 14.2 Å². The third-order valence-corrected chi connectivity index (χ3v) is 9.02. The van der Waals surface area contributed by atoms with Crippen LogP contribution in [0.5, 0.6) is 17.2 Å². The van der Waals surface area contributed by atoms with Crippen LogP contribution >= 0.6 is 0 Å². The van der Waals surface area contributed by atoms with Crippen LogP contribution in [0, 0.1) is 31.6 Å². The maximum absolute atomic E-state index is 14.3. The summed E-state index contributed by atoms with van der Waals surface area (Å²) in [7, 11) is 0. The van der Waals surface area contributed by atoms with Crippen molar-refractivity contribution in [1.82, 2.24) is 0 Å². The number of hydrogen-bond acceptors (Lipinski definition) is 6. The first-order valence-corrected chi connectivity index (χ1v) is 13.7. The molecule has 0 spiro atoms.